The predicted molar refractivity (Wildman–Crippen MR) is 135 cm³/mol. The van der Waals surface area contributed by atoms with Crippen molar-refractivity contribution in [2.24, 2.45) is 4.99 Å². The molecule has 0 amide bonds. The van der Waals surface area contributed by atoms with Gasteiger partial charge in [-0.2, -0.15) is 0 Å². The Labute approximate surface area is 208 Å². The van der Waals surface area contributed by atoms with Crippen LogP contribution >= 0.6 is 27.9 Å². The van der Waals surface area contributed by atoms with E-state index in [0.29, 0.717) is 5.56 Å². The monoisotopic (exact) mass is 526 g/mol. The first-order chi connectivity index (χ1) is 15.0. The van der Waals surface area contributed by atoms with Crippen LogP contribution in [-0.2, 0) is 20.1 Å². The number of rotatable bonds is 4. The summed E-state index contributed by atoms with van der Waals surface area (Å²) in [4.78, 5) is 4.71. The Kier molecular flexibility index (Phi) is 10.1. The van der Waals surface area contributed by atoms with E-state index in [0.717, 1.165) is 33.7 Å². The van der Waals surface area contributed by atoms with E-state index in [1.54, 1.807) is 13.3 Å². The molecule has 0 spiro atoms. The first kappa shape index (κ1) is 26.8. The summed E-state index contributed by atoms with van der Waals surface area (Å²) in [5, 5.41) is 10.7. The van der Waals surface area contributed by atoms with E-state index < -0.39 is 14.7 Å². The molecule has 0 saturated heterocycles. The van der Waals surface area contributed by atoms with E-state index in [4.69, 9.17) is 37.6 Å². The van der Waals surface area contributed by atoms with Gasteiger partial charge >= 0.3 is 42.6 Å². The fraction of sp³-hybridized carbons (Fsp3) is 0.240. The molecular weight excluding hydrogens is 501 g/mol. The topological polar surface area (TPSA) is 41.8 Å². The molecule has 3 nitrogen and oxygen atoms in total. The third-order valence-electron chi connectivity index (χ3n) is 4.77. The van der Waals surface area contributed by atoms with E-state index in [1.165, 1.54) is 0 Å². The molecule has 0 aliphatic carbocycles. The zero-order valence-electron chi connectivity index (χ0n) is 18.8. The van der Waals surface area contributed by atoms with Gasteiger partial charge in [-0.05, 0) is 42.2 Å². The van der Waals surface area contributed by atoms with E-state index in [2.05, 4.69) is 33.8 Å². The molecule has 0 fully saturated rings. The molecule has 3 aromatic rings. The normalized spacial score (nSPS) is 11.1. The first-order valence-electron chi connectivity index (χ1n) is 9.98. The zero-order chi connectivity index (χ0) is 23.9. The van der Waals surface area contributed by atoms with Crippen LogP contribution in [0.4, 0.5) is 5.69 Å². The molecule has 0 aromatic heterocycles. The molecule has 0 bridgehead atoms. The van der Waals surface area contributed by atoms with E-state index in [-0.39, 0.29) is 11.2 Å². The Hall–Kier alpha value is -1.49. The number of benzene rings is 3. The van der Waals surface area contributed by atoms with Crippen molar-refractivity contribution in [2.45, 2.75) is 33.1 Å². The Bertz CT molecular complexity index is 1080. The van der Waals surface area contributed by atoms with Gasteiger partial charge in [0.2, 0.25) is 0 Å². The first-order valence-corrected chi connectivity index (χ1v) is 16.4. The Morgan fingerprint density at radius 3 is 2.22 bits per heavy atom. The summed E-state index contributed by atoms with van der Waals surface area (Å²) >= 11 is -1.92. The van der Waals surface area contributed by atoms with E-state index in [1.807, 2.05) is 54.6 Å². The average Bonchev–Trinajstić information content (AvgIpc) is 2.72. The molecule has 7 heteroatoms. The number of hydrogen-bond acceptors (Lipinski definition) is 3. The molecule has 169 valence electrons. The number of para-hydroxylation sites is 2. The van der Waals surface area contributed by atoms with E-state index in [9.17, 15) is 5.11 Å². The molecule has 0 aliphatic rings. The number of phenolic OH excluding ortho intramolecular Hbond substituents is 1. The minimum atomic E-state index is -1.92. The molecule has 0 heterocycles. The second-order valence-electron chi connectivity index (χ2n) is 8.19. The third-order valence-corrected chi connectivity index (χ3v) is 4.77. The molecule has 1 N–H and O–H groups in total. The molecule has 0 aliphatic heterocycles. The van der Waals surface area contributed by atoms with Crippen LogP contribution in [0.2, 0.25) is 0 Å². The maximum atomic E-state index is 10.7. The van der Waals surface area contributed by atoms with Gasteiger partial charge in [0.25, 0.3) is 0 Å². The fourth-order valence-electron chi connectivity index (χ4n) is 3.26. The van der Waals surface area contributed by atoms with Gasteiger partial charge in [-0.1, -0.05) is 62.7 Å². The van der Waals surface area contributed by atoms with Gasteiger partial charge in [0.15, 0.2) is 0 Å². The molecule has 0 saturated carbocycles. The van der Waals surface area contributed by atoms with Gasteiger partial charge in [-0.25, -0.2) is 0 Å². The Balaban J connectivity index is 0.000000837. The van der Waals surface area contributed by atoms with Crippen molar-refractivity contribution < 1.29 is 24.5 Å². The van der Waals surface area contributed by atoms with Crippen molar-refractivity contribution in [1.82, 2.24) is 0 Å². The molecule has 0 unspecified atom stereocenters. The number of aliphatic imine (C=N–C) groups is 1. The summed E-state index contributed by atoms with van der Waals surface area (Å²) in [6.07, 6.45) is 1.73. The molecule has 3 aromatic carbocycles. The summed E-state index contributed by atoms with van der Waals surface area (Å²) in [6.45, 7) is 8.32. The average molecular weight is 528 g/mol. The van der Waals surface area contributed by atoms with Gasteiger partial charge < -0.3 is 9.84 Å². The summed E-state index contributed by atoms with van der Waals surface area (Å²) in [6, 6.07) is 19.9. The predicted octanol–water partition coefficient (Wildman–Crippen LogP) is 8.49. The summed E-state index contributed by atoms with van der Waals surface area (Å²) in [5.74, 6) is 1.09. The van der Waals surface area contributed by atoms with Gasteiger partial charge in [0, 0.05) is 22.9 Å². The molecule has 0 radical (unpaired) electrons. The van der Waals surface area contributed by atoms with Crippen LogP contribution in [0, 0.1) is 6.92 Å². The van der Waals surface area contributed by atoms with Crippen molar-refractivity contribution in [3.05, 3.63) is 77.4 Å². The minimum absolute atomic E-state index is 0.139. The summed E-state index contributed by atoms with van der Waals surface area (Å²) in [5.41, 5.74) is 5.45. The SMILES string of the molecule is COc1ccccc1-c1cc(C)ccc1N=Cc1cccc(C(C)(C)C)c1O.[Cl][Ti]([Cl])[Cl]. The molecule has 0 atom stereocenters. The number of hydrogen-bond donors (Lipinski definition) is 1. The number of methoxy groups -OCH3 is 1. The van der Waals surface area contributed by atoms with E-state index >= 15 is 0 Å². The number of nitrogens with zero attached hydrogens (tertiary/aromatic N) is 1. The Morgan fingerprint density at radius 1 is 0.938 bits per heavy atom. The molecular formula is C25H27Cl3NO2Ti. The van der Waals surface area contributed by atoms with Crippen LogP contribution < -0.4 is 4.74 Å². The Morgan fingerprint density at radius 2 is 1.59 bits per heavy atom. The molecule has 32 heavy (non-hydrogen) atoms. The number of phenols is 1. The fourth-order valence-corrected chi connectivity index (χ4v) is 3.26. The van der Waals surface area contributed by atoms with Crippen molar-refractivity contribution in [2.75, 3.05) is 7.11 Å². The number of aryl methyl sites for hydroxylation is 1. The maximum absolute atomic E-state index is 10.7. The molecule has 3 rings (SSSR count). The second-order valence-corrected chi connectivity index (χ2v) is 15.9. The van der Waals surface area contributed by atoms with Crippen LogP contribution in [0.25, 0.3) is 11.1 Å². The standard InChI is InChI=1S/C25H27NO2.3ClH.Ti/c1-17-13-14-22(20(15-17)19-10-6-7-12-23(19)28-5)26-16-18-9-8-11-21(24(18)27)25(2,3)4;;;;/h6-16,27H,1-5H3;3*1H;/q;;;;+3/p-3. The van der Waals surface area contributed by atoms with Crippen molar-refractivity contribution >= 4 is 39.8 Å². The van der Waals surface area contributed by atoms with Crippen LogP contribution in [0.1, 0.15) is 37.5 Å². The van der Waals surface area contributed by atoms with Crippen LogP contribution in [0.5, 0.6) is 11.5 Å². The van der Waals surface area contributed by atoms with Crippen molar-refractivity contribution in [1.29, 1.82) is 0 Å². The summed E-state index contributed by atoms with van der Waals surface area (Å²) in [7, 11) is 16.6. The van der Waals surface area contributed by atoms with Gasteiger partial charge in [0.05, 0.1) is 12.8 Å². The summed E-state index contributed by atoms with van der Waals surface area (Å²) < 4.78 is 5.54. The van der Waals surface area contributed by atoms with Crippen LogP contribution in [-0.4, -0.2) is 18.4 Å². The van der Waals surface area contributed by atoms with Gasteiger partial charge in [0.1, 0.15) is 11.5 Å². The van der Waals surface area contributed by atoms with Crippen molar-refractivity contribution in [3.63, 3.8) is 0 Å². The van der Waals surface area contributed by atoms with Crippen LogP contribution in [0.3, 0.4) is 0 Å². The third kappa shape index (κ3) is 7.54. The van der Waals surface area contributed by atoms with Crippen molar-refractivity contribution in [3.8, 4) is 22.6 Å². The van der Waals surface area contributed by atoms with Crippen LogP contribution in [0.15, 0.2) is 65.7 Å². The quantitative estimate of drug-likeness (QED) is 0.273. The number of ether oxygens (including phenoxy) is 1. The second kappa shape index (κ2) is 12.1. The number of halogens is 3. The van der Waals surface area contributed by atoms with Gasteiger partial charge in [-0.3, -0.25) is 4.99 Å². The number of aromatic hydroxyl groups is 1. The van der Waals surface area contributed by atoms with Gasteiger partial charge in [-0.15, -0.1) is 0 Å². The zero-order valence-corrected chi connectivity index (χ0v) is 22.6.